The first kappa shape index (κ1) is 16.1. The van der Waals surface area contributed by atoms with Crippen molar-refractivity contribution in [3.05, 3.63) is 48.7 Å². The highest BCUT2D eigenvalue weighted by Crippen LogP contribution is 2.31. The second kappa shape index (κ2) is 7.23. The maximum Gasteiger partial charge on any atom is 0.228 e. The van der Waals surface area contributed by atoms with Gasteiger partial charge in [0, 0.05) is 18.3 Å². The zero-order chi connectivity index (χ0) is 17.1. The topological polar surface area (TPSA) is 57.3 Å². The molecule has 0 spiro atoms. The molecule has 0 radical (unpaired) electrons. The molecule has 5 nitrogen and oxygen atoms in total. The van der Waals surface area contributed by atoms with Gasteiger partial charge in [0.2, 0.25) is 5.91 Å². The summed E-state index contributed by atoms with van der Waals surface area (Å²) in [5, 5.41) is 6.27. The van der Waals surface area contributed by atoms with Crippen molar-refractivity contribution in [1.29, 1.82) is 0 Å². The first-order valence-corrected chi connectivity index (χ1v) is 9.11. The number of nitrogens with zero attached hydrogens (tertiary/aromatic N) is 2. The molecule has 2 atom stereocenters. The fourth-order valence-electron chi connectivity index (χ4n) is 3.90. The predicted molar refractivity (Wildman–Crippen MR) is 99.9 cm³/mol. The highest BCUT2D eigenvalue weighted by molar-refractivity contribution is 5.92. The number of nitrogens with one attached hydrogen (secondary N) is 2. The second-order valence-corrected chi connectivity index (χ2v) is 6.99. The van der Waals surface area contributed by atoms with Crippen molar-refractivity contribution in [2.45, 2.75) is 31.7 Å². The Balaban J connectivity index is 1.34. The van der Waals surface area contributed by atoms with Crippen LogP contribution in [0.15, 0.2) is 48.7 Å². The first-order chi connectivity index (χ1) is 12.3. The van der Waals surface area contributed by atoms with Crippen molar-refractivity contribution < 1.29 is 4.79 Å². The molecule has 2 aliphatic rings. The highest BCUT2D eigenvalue weighted by atomic mass is 16.1. The molecule has 1 aromatic carbocycles. The summed E-state index contributed by atoms with van der Waals surface area (Å²) in [4.78, 5) is 19.4. The number of piperidine rings is 1. The summed E-state index contributed by atoms with van der Waals surface area (Å²) in [6, 6.07) is 14.3. The van der Waals surface area contributed by atoms with Gasteiger partial charge >= 0.3 is 0 Å². The van der Waals surface area contributed by atoms with E-state index in [1.165, 1.54) is 19.3 Å². The SMILES string of the molecule is O=C(Nc1ccc(Nc2ccccc2)nc1)[C@@H]1C[C@@H]2CCCCN2C1. The van der Waals surface area contributed by atoms with Gasteiger partial charge in [-0.05, 0) is 50.1 Å². The van der Waals surface area contributed by atoms with Gasteiger partial charge in [0.1, 0.15) is 5.82 Å². The molecule has 1 aromatic heterocycles. The quantitative estimate of drug-likeness (QED) is 0.895. The fraction of sp³-hybridized carbons (Fsp3) is 0.400. The van der Waals surface area contributed by atoms with E-state index >= 15 is 0 Å². The van der Waals surface area contributed by atoms with Crippen LogP contribution in [0.1, 0.15) is 25.7 Å². The van der Waals surface area contributed by atoms with Gasteiger partial charge < -0.3 is 10.6 Å². The number of para-hydroxylation sites is 1. The van der Waals surface area contributed by atoms with E-state index in [-0.39, 0.29) is 11.8 Å². The Hall–Kier alpha value is -2.40. The normalized spacial score (nSPS) is 23.0. The molecule has 1 amide bonds. The molecule has 2 fully saturated rings. The van der Waals surface area contributed by atoms with Gasteiger partial charge in [0.15, 0.2) is 0 Å². The fourth-order valence-corrected chi connectivity index (χ4v) is 3.90. The molecular formula is C20H24N4O. The number of rotatable bonds is 4. The largest absolute Gasteiger partial charge is 0.340 e. The van der Waals surface area contributed by atoms with Crippen LogP contribution in [-0.4, -0.2) is 34.9 Å². The van der Waals surface area contributed by atoms with E-state index in [1.807, 2.05) is 42.5 Å². The average Bonchev–Trinajstić information content (AvgIpc) is 3.09. The van der Waals surface area contributed by atoms with E-state index in [1.54, 1.807) is 6.20 Å². The van der Waals surface area contributed by atoms with Gasteiger partial charge in [-0.2, -0.15) is 0 Å². The number of pyridine rings is 1. The second-order valence-electron chi connectivity index (χ2n) is 6.99. The first-order valence-electron chi connectivity index (χ1n) is 9.11. The van der Waals surface area contributed by atoms with Crippen LogP contribution in [0.25, 0.3) is 0 Å². The van der Waals surface area contributed by atoms with E-state index < -0.39 is 0 Å². The van der Waals surface area contributed by atoms with Crippen LogP contribution in [0.4, 0.5) is 17.2 Å². The number of hydrogen-bond acceptors (Lipinski definition) is 4. The molecule has 25 heavy (non-hydrogen) atoms. The Morgan fingerprint density at radius 3 is 2.72 bits per heavy atom. The Morgan fingerprint density at radius 2 is 1.96 bits per heavy atom. The Labute approximate surface area is 148 Å². The number of benzene rings is 1. The summed E-state index contributed by atoms with van der Waals surface area (Å²) < 4.78 is 0. The lowest BCUT2D eigenvalue weighted by atomic mass is 9.99. The summed E-state index contributed by atoms with van der Waals surface area (Å²) in [6.07, 6.45) is 6.52. The number of anilines is 3. The third-order valence-electron chi connectivity index (χ3n) is 5.21. The highest BCUT2D eigenvalue weighted by Gasteiger charge is 2.36. The van der Waals surface area contributed by atoms with Gasteiger partial charge in [-0.15, -0.1) is 0 Å². The number of carbonyl (C=O) groups excluding carboxylic acids is 1. The molecule has 2 saturated heterocycles. The van der Waals surface area contributed by atoms with Crippen LogP contribution in [0.3, 0.4) is 0 Å². The van der Waals surface area contributed by atoms with Gasteiger partial charge in [0.25, 0.3) is 0 Å². The summed E-state index contributed by atoms with van der Waals surface area (Å²) >= 11 is 0. The molecule has 2 aromatic rings. The van der Waals surface area contributed by atoms with E-state index in [0.717, 1.165) is 36.7 Å². The standard InChI is InChI=1S/C20H24N4O/c25-20(15-12-18-8-4-5-11-24(18)14-15)23-17-9-10-19(21-13-17)22-16-6-2-1-3-7-16/h1-3,6-7,9-10,13,15,18H,4-5,8,11-12,14H2,(H,21,22)(H,23,25)/t15-,18+/m1/s1. The molecule has 0 unspecified atom stereocenters. The Morgan fingerprint density at radius 1 is 1.08 bits per heavy atom. The van der Waals surface area contributed by atoms with Gasteiger partial charge in [-0.1, -0.05) is 24.6 Å². The maximum atomic E-state index is 12.6. The molecule has 4 rings (SSSR count). The summed E-state index contributed by atoms with van der Waals surface area (Å²) in [6.45, 7) is 2.05. The molecule has 0 bridgehead atoms. The van der Waals surface area contributed by atoms with Crippen molar-refractivity contribution in [3.8, 4) is 0 Å². The Bertz CT molecular complexity index is 702. The lowest BCUT2D eigenvalue weighted by Gasteiger charge is -2.28. The van der Waals surface area contributed by atoms with Crippen LogP contribution in [-0.2, 0) is 4.79 Å². The monoisotopic (exact) mass is 336 g/mol. The van der Waals surface area contributed by atoms with Crippen LogP contribution in [0.2, 0.25) is 0 Å². The summed E-state index contributed by atoms with van der Waals surface area (Å²) in [7, 11) is 0. The van der Waals surface area contributed by atoms with Gasteiger partial charge in [-0.3, -0.25) is 9.69 Å². The number of aromatic nitrogens is 1. The predicted octanol–water partition coefficient (Wildman–Crippen LogP) is 3.64. The number of carbonyl (C=O) groups is 1. The molecule has 3 heterocycles. The van der Waals surface area contributed by atoms with Gasteiger partial charge in [-0.25, -0.2) is 4.98 Å². The lowest BCUT2D eigenvalue weighted by Crippen LogP contribution is -2.34. The van der Waals surface area contributed by atoms with E-state index in [2.05, 4.69) is 20.5 Å². The zero-order valence-electron chi connectivity index (χ0n) is 14.3. The van der Waals surface area contributed by atoms with Crippen molar-refractivity contribution >= 4 is 23.1 Å². The van der Waals surface area contributed by atoms with E-state index in [0.29, 0.717) is 6.04 Å². The molecular weight excluding hydrogens is 312 g/mol. The molecule has 5 heteroatoms. The van der Waals surface area contributed by atoms with Crippen LogP contribution in [0.5, 0.6) is 0 Å². The van der Waals surface area contributed by atoms with E-state index in [9.17, 15) is 4.79 Å². The summed E-state index contributed by atoms with van der Waals surface area (Å²) in [5.41, 5.74) is 1.75. The van der Waals surface area contributed by atoms with Gasteiger partial charge in [0.05, 0.1) is 17.8 Å². The van der Waals surface area contributed by atoms with E-state index in [4.69, 9.17) is 0 Å². The number of hydrogen-bond donors (Lipinski definition) is 2. The van der Waals surface area contributed by atoms with Crippen molar-refractivity contribution in [2.24, 2.45) is 5.92 Å². The summed E-state index contributed by atoms with van der Waals surface area (Å²) in [5.74, 6) is 0.993. The third kappa shape index (κ3) is 3.82. The smallest absolute Gasteiger partial charge is 0.228 e. The van der Waals surface area contributed by atoms with Crippen LogP contribution in [0, 0.1) is 5.92 Å². The van der Waals surface area contributed by atoms with Crippen molar-refractivity contribution in [2.75, 3.05) is 23.7 Å². The molecule has 2 N–H and O–H groups in total. The lowest BCUT2D eigenvalue weighted by molar-refractivity contribution is -0.119. The molecule has 0 saturated carbocycles. The average molecular weight is 336 g/mol. The zero-order valence-corrected chi connectivity index (χ0v) is 14.3. The maximum absolute atomic E-state index is 12.6. The number of amides is 1. The molecule has 0 aliphatic carbocycles. The van der Waals surface area contributed by atoms with Crippen LogP contribution >= 0.6 is 0 Å². The van der Waals surface area contributed by atoms with Crippen LogP contribution < -0.4 is 10.6 Å². The minimum Gasteiger partial charge on any atom is -0.340 e. The molecule has 130 valence electrons. The molecule has 2 aliphatic heterocycles. The van der Waals surface area contributed by atoms with Crippen molar-refractivity contribution in [3.63, 3.8) is 0 Å². The van der Waals surface area contributed by atoms with Crippen molar-refractivity contribution in [1.82, 2.24) is 9.88 Å². The third-order valence-corrected chi connectivity index (χ3v) is 5.21. The Kier molecular flexibility index (Phi) is 4.65. The number of fused-ring (bicyclic) bond motifs is 1. The minimum atomic E-state index is 0.102. The minimum absolute atomic E-state index is 0.102.